The Morgan fingerprint density at radius 3 is 2.67 bits per heavy atom. The Hall–Kier alpha value is -0.950. The van der Waals surface area contributed by atoms with Gasteiger partial charge in [0.1, 0.15) is 6.04 Å². The van der Waals surface area contributed by atoms with Crippen molar-refractivity contribution in [2.45, 2.75) is 19.4 Å². The van der Waals surface area contributed by atoms with Gasteiger partial charge in [0.15, 0.2) is 0 Å². The Morgan fingerprint density at radius 1 is 1.53 bits per heavy atom. The van der Waals surface area contributed by atoms with E-state index in [-0.39, 0.29) is 5.91 Å². The van der Waals surface area contributed by atoms with E-state index in [4.69, 9.17) is 10.6 Å². The molecule has 3 amide bonds. The van der Waals surface area contributed by atoms with Gasteiger partial charge in [-0.3, -0.25) is 9.63 Å². The maximum absolute atomic E-state index is 11.4. The summed E-state index contributed by atoms with van der Waals surface area (Å²) in [5.41, 5.74) is 7.18. The van der Waals surface area contributed by atoms with Gasteiger partial charge >= 0.3 is 6.03 Å². The normalized spacial score (nSPS) is 11.9. The van der Waals surface area contributed by atoms with E-state index in [1.807, 2.05) is 6.26 Å². The monoisotopic (exact) mass is 235 g/mol. The summed E-state index contributed by atoms with van der Waals surface area (Å²) in [5.74, 6) is 0.370. The van der Waals surface area contributed by atoms with E-state index in [0.717, 1.165) is 5.75 Å². The van der Waals surface area contributed by atoms with Gasteiger partial charge in [-0.15, -0.1) is 0 Å². The molecule has 7 heteroatoms. The number of carbonyl (C=O) groups excluding carboxylic acids is 2. The van der Waals surface area contributed by atoms with Crippen molar-refractivity contribution in [3.8, 4) is 0 Å². The Balaban J connectivity index is 4.07. The van der Waals surface area contributed by atoms with Gasteiger partial charge < -0.3 is 11.1 Å². The zero-order valence-electron chi connectivity index (χ0n) is 8.91. The summed E-state index contributed by atoms with van der Waals surface area (Å²) in [7, 11) is 0. The first-order valence-corrected chi connectivity index (χ1v) is 5.97. The van der Waals surface area contributed by atoms with Crippen LogP contribution in [0.15, 0.2) is 0 Å². The van der Waals surface area contributed by atoms with Gasteiger partial charge in [-0.2, -0.15) is 11.8 Å². The number of nitrogens with two attached hydrogens (primary N) is 1. The van der Waals surface area contributed by atoms with Gasteiger partial charge in [-0.1, -0.05) is 0 Å². The van der Waals surface area contributed by atoms with Gasteiger partial charge in [0.25, 0.3) is 5.91 Å². The van der Waals surface area contributed by atoms with E-state index in [0.29, 0.717) is 13.0 Å². The van der Waals surface area contributed by atoms with E-state index in [9.17, 15) is 9.59 Å². The molecule has 6 nitrogen and oxygen atoms in total. The minimum Gasteiger partial charge on any atom is -0.352 e. The largest absolute Gasteiger partial charge is 0.352 e. The lowest BCUT2D eigenvalue weighted by molar-refractivity contribution is -0.135. The minimum atomic E-state index is -0.715. The van der Waals surface area contributed by atoms with Gasteiger partial charge in [0.2, 0.25) is 0 Å². The van der Waals surface area contributed by atoms with Crippen molar-refractivity contribution in [2.24, 2.45) is 5.73 Å². The van der Waals surface area contributed by atoms with Crippen LogP contribution in [-0.2, 0) is 9.63 Å². The molecule has 0 aliphatic carbocycles. The lowest BCUT2D eigenvalue weighted by atomic mass is 10.2. The lowest BCUT2D eigenvalue weighted by Gasteiger charge is -2.15. The number of hydroxylamine groups is 1. The number of urea groups is 1. The minimum absolute atomic E-state index is 0.373. The highest BCUT2D eigenvalue weighted by Gasteiger charge is 2.18. The van der Waals surface area contributed by atoms with Crippen molar-refractivity contribution in [2.75, 3.05) is 18.6 Å². The third-order valence-electron chi connectivity index (χ3n) is 1.56. The Morgan fingerprint density at radius 2 is 2.20 bits per heavy atom. The second-order valence-electron chi connectivity index (χ2n) is 2.74. The van der Waals surface area contributed by atoms with Crippen LogP contribution in [0, 0.1) is 0 Å². The quantitative estimate of drug-likeness (QED) is 0.535. The van der Waals surface area contributed by atoms with E-state index in [1.54, 1.807) is 18.7 Å². The highest BCUT2D eigenvalue weighted by atomic mass is 32.2. The number of amides is 3. The highest BCUT2D eigenvalue weighted by molar-refractivity contribution is 7.98. The summed E-state index contributed by atoms with van der Waals surface area (Å²) < 4.78 is 0. The molecule has 0 aliphatic heterocycles. The molecule has 0 heterocycles. The molecule has 0 aliphatic rings. The van der Waals surface area contributed by atoms with Crippen LogP contribution in [0.1, 0.15) is 13.3 Å². The molecule has 0 rings (SSSR count). The molecular weight excluding hydrogens is 218 g/mol. The van der Waals surface area contributed by atoms with Crippen molar-refractivity contribution in [1.82, 2.24) is 10.8 Å². The zero-order valence-corrected chi connectivity index (χ0v) is 9.73. The van der Waals surface area contributed by atoms with Crippen molar-refractivity contribution >= 4 is 23.7 Å². The van der Waals surface area contributed by atoms with Crippen LogP contribution in [-0.4, -0.2) is 36.6 Å². The number of hydrogen-bond acceptors (Lipinski definition) is 4. The predicted molar refractivity (Wildman–Crippen MR) is 59.3 cm³/mol. The molecule has 0 aromatic carbocycles. The molecule has 1 atom stereocenters. The number of carbonyl (C=O) groups is 2. The summed E-state index contributed by atoms with van der Waals surface area (Å²) in [4.78, 5) is 26.8. The van der Waals surface area contributed by atoms with Crippen LogP contribution in [0.3, 0.4) is 0 Å². The summed E-state index contributed by atoms with van der Waals surface area (Å²) in [6.07, 6.45) is 2.44. The number of primary amides is 1. The molecule has 0 radical (unpaired) electrons. The summed E-state index contributed by atoms with van der Waals surface area (Å²) >= 11 is 1.59. The van der Waals surface area contributed by atoms with E-state index in [1.165, 1.54) is 0 Å². The maximum atomic E-state index is 11.4. The molecule has 1 unspecified atom stereocenters. The molecule has 0 aromatic heterocycles. The van der Waals surface area contributed by atoms with E-state index < -0.39 is 12.1 Å². The van der Waals surface area contributed by atoms with Crippen molar-refractivity contribution in [1.29, 1.82) is 0 Å². The van der Waals surface area contributed by atoms with Crippen LogP contribution >= 0.6 is 11.8 Å². The van der Waals surface area contributed by atoms with Crippen LogP contribution in [0.4, 0.5) is 4.79 Å². The van der Waals surface area contributed by atoms with Gasteiger partial charge in [0, 0.05) is 0 Å². The smallest absolute Gasteiger partial charge is 0.312 e. The zero-order chi connectivity index (χ0) is 11.7. The van der Waals surface area contributed by atoms with E-state index >= 15 is 0 Å². The number of nitrogens with one attached hydrogen (secondary N) is 2. The second kappa shape index (κ2) is 8.37. The molecular formula is C8H17N3O3S. The summed E-state index contributed by atoms with van der Waals surface area (Å²) in [5, 5.41) is 2.36. The number of hydrogen-bond donors (Lipinski definition) is 3. The van der Waals surface area contributed by atoms with Crippen molar-refractivity contribution < 1.29 is 14.4 Å². The summed E-state index contributed by atoms with van der Waals surface area (Å²) in [6, 6.07) is -1.35. The fraction of sp³-hybridized carbons (Fsp3) is 0.750. The first-order valence-electron chi connectivity index (χ1n) is 4.58. The molecule has 0 spiro atoms. The fourth-order valence-electron chi connectivity index (χ4n) is 0.891. The molecule has 0 aromatic rings. The molecule has 0 saturated carbocycles. The van der Waals surface area contributed by atoms with Gasteiger partial charge in [0.05, 0.1) is 6.61 Å². The van der Waals surface area contributed by atoms with Crippen LogP contribution in [0.5, 0.6) is 0 Å². The fourth-order valence-corrected chi connectivity index (χ4v) is 1.36. The van der Waals surface area contributed by atoms with Gasteiger partial charge in [-0.25, -0.2) is 10.3 Å². The summed E-state index contributed by atoms with van der Waals surface area (Å²) in [6.45, 7) is 2.12. The predicted octanol–water partition coefficient (Wildman–Crippen LogP) is -0.156. The van der Waals surface area contributed by atoms with Crippen molar-refractivity contribution in [3.63, 3.8) is 0 Å². The lowest BCUT2D eigenvalue weighted by Crippen LogP contribution is -2.48. The molecule has 0 bridgehead atoms. The Labute approximate surface area is 93.2 Å². The molecule has 15 heavy (non-hydrogen) atoms. The topological polar surface area (TPSA) is 93.4 Å². The Kier molecular flexibility index (Phi) is 7.84. The highest BCUT2D eigenvalue weighted by Crippen LogP contribution is 2.00. The average Bonchev–Trinajstić information content (AvgIpc) is 2.20. The van der Waals surface area contributed by atoms with Crippen LogP contribution < -0.4 is 16.5 Å². The SMILES string of the molecule is CCONC(=O)C(CCSC)NC(N)=O. The number of thioether (sulfide) groups is 1. The molecule has 0 saturated heterocycles. The third kappa shape index (κ3) is 7.03. The molecule has 0 fully saturated rings. The third-order valence-corrected chi connectivity index (χ3v) is 2.20. The number of rotatable bonds is 7. The molecule has 88 valence electrons. The molecule has 4 N–H and O–H groups in total. The maximum Gasteiger partial charge on any atom is 0.312 e. The van der Waals surface area contributed by atoms with E-state index in [2.05, 4.69) is 10.8 Å². The Bertz CT molecular complexity index is 213. The van der Waals surface area contributed by atoms with Crippen molar-refractivity contribution in [3.05, 3.63) is 0 Å². The average molecular weight is 235 g/mol. The van der Waals surface area contributed by atoms with Crippen LogP contribution in [0.2, 0.25) is 0 Å². The van der Waals surface area contributed by atoms with Gasteiger partial charge in [-0.05, 0) is 25.4 Å². The van der Waals surface area contributed by atoms with Crippen LogP contribution in [0.25, 0.3) is 0 Å². The second-order valence-corrected chi connectivity index (χ2v) is 3.73. The first-order chi connectivity index (χ1) is 7.11. The first kappa shape index (κ1) is 14.1. The standard InChI is InChI=1S/C8H17N3O3S/c1-3-14-11-7(12)6(4-5-15-2)10-8(9)13/h6H,3-5H2,1-2H3,(H,11,12)(H3,9,10,13).